The molecule has 0 unspecified atom stereocenters. The van der Waals surface area contributed by atoms with Gasteiger partial charge in [-0.15, -0.1) is 13.2 Å². The number of alkyl halides is 3. The Morgan fingerprint density at radius 1 is 1.10 bits per heavy atom. The molecule has 1 heterocycles. The molecule has 1 N–H and O–H groups in total. The van der Waals surface area contributed by atoms with Crippen molar-refractivity contribution in [2.24, 2.45) is 0 Å². The molecule has 30 heavy (non-hydrogen) atoms. The molecule has 0 fully saturated rings. The summed E-state index contributed by atoms with van der Waals surface area (Å²) in [5.41, 5.74) is -0.380. The fourth-order valence-corrected chi connectivity index (χ4v) is 2.76. The van der Waals surface area contributed by atoms with Crippen LogP contribution in [0.3, 0.4) is 0 Å². The van der Waals surface area contributed by atoms with Crippen molar-refractivity contribution < 1.29 is 36.7 Å². The Morgan fingerprint density at radius 3 is 2.40 bits per heavy atom. The first kappa shape index (κ1) is 21.5. The Labute approximate surface area is 180 Å². The molecular formula is C18H10F4IN3O4. The maximum Gasteiger partial charge on any atom is 0.573 e. The Hall–Kier alpha value is -3.16. The lowest BCUT2D eigenvalue weighted by Crippen LogP contribution is -2.30. The summed E-state index contributed by atoms with van der Waals surface area (Å²) in [5.74, 6) is -2.37. The van der Waals surface area contributed by atoms with Crippen LogP contribution in [0.2, 0.25) is 0 Å². The Morgan fingerprint density at radius 2 is 1.77 bits per heavy atom. The average molecular weight is 535 g/mol. The number of nitrogens with one attached hydrogen (secondary N) is 1. The molecule has 0 spiro atoms. The maximum absolute atomic E-state index is 14.7. The van der Waals surface area contributed by atoms with Crippen LogP contribution in [0.1, 0.15) is 10.4 Å². The fraction of sp³-hybridized carbons (Fsp3) is 0.0556. The van der Waals surface area contributed by atoms with E-state index in [1.165, 1.54) is 30.3 Å². The molecule has 1 aromatic heterocycles. The van der Waals surface area contributed by atoms with Crippen molar-refractivity contribution in [1.82, 2.24) is 5.10 Å². The van der Waals surface area contributed by atoms with Gasteiger partial charge in [0.1, 0.15) is 28.5 Å². The third-order valence-electron chi connectivity index (χ3n) is 3.51. The van der Waals surface area contributed by atoms with Gasteiger partial charge in [0.15, 0.2) is 5.82 Å². The summed E-state index contributed by atoms with van der Waals surface area (Å²) >= 11 is 1.69. The van der Waals surface area contributed by atoms with Gasteiger partial charge in [-0.1, -0.05) is 4.85 Å². The Bertz CT molecular complexity index is 1080. The summed E-state index contributed by atoms with van der Waals surface area (Å²) in [6.07, 6.45) is -2.72. The molecule has 0 radical (unpaired) electrons. The second kappa shape index (κ2) is 8.69. The van der Waals surface area contributed by atoms with Crippen molar-refractivity contribution in [3.05, 3.63) is 75.0 Å². The molecule has 0 aliphatic rings. The number of hydrogen-bond acceptors (Lipinski definition) is 5. The Balaban J connectivity index is 1.87. The zero-order chi connectivity index (χ0) is 21.9. The lowest BCUT2D eigenvalue weighted by Gasteiger charge is -2.14. The molecular weight excluding hydrogens is 525 g/mol. The minimum absolute atomic E-state index is 0.0421. The van der Waals surface area contributed by atoms with Gasteiger partial charge in [-0.05, 0) is 65.1 Å². The van der Waals surface area contributed by atoms with Crippen LogP contribution >= 0.6 is 22.6 Å². The summed E-state index contributed by atoms with van der Waals surface area (Å²) in [5, 5.41) is 17.0. The van der Waals surface area contributed by atoms with Crippen LogP contribution in [0.15, 0.2) is 54.9 Å². The summed E-state index contributed by atoms with van der Waals surface area (Å²) in [6.45, 7) is 0. The first-order valence-corrected chi connectivity index (χ1v) is 9.09. The van der Waals surface area contributed by atoms with Crippen molar-refractivity contribution in [1.29, 1.82) is 0 Å². The molecule has 0 saturated heterocycles. The summed E-state index contributed by atoms with van der Waals surface area (Å²) in [6, 6.07) is 8.38. The first-order valence-electron chi connectivity index (χ1n) is 8.01. The highest BCUT2D eigenvalue weighted by atomic mass is 127. The fourth-order valence-electron chi connectivity index (χ4n) is 2.31. The predicted molar refractivity (Wildman–Crippen MR) is 103 cm³/mol. The number of aromatic nitrogens is 2. The van der Waals surface area contributed by atoms with E-state index >= 15 is 0 Å². The van der Waals surface area contributed by atoms with E-state index in [4.69, 9.17) is 4.74 Å². The first-order chi connectivity index (χ1) is 14.1. The van der Waals surface area contributed by atoms with Gasteiger partial charge in [-0.2, -0.15) is 0 Å². The largest absolute Gasteiger partial charge is 0.594 e. The zero-order valence-electron chi connectivity index (χ0n) is 14.6. The minimum Gasteiger partial charge on any atom is -0.594 e. The van der Waals surface area contributed by atoms with Gasteiger partial charge >= 0.3 is 6.36 Å². The second-order valence-electron chi connectivity index (χ2n) is 5.63. The van der Waals surface area contributed by atoms with Gasteiger partial charge in [-0.25, -0.2) is 4.39 Å². The molecule has 0 saturated carbocycles. The Kier molecular flexibility index (Phi) is 6.24. The standard InChI is InChI=1S/C18H10F4IN3O4/c19-16-13(23)5-6-14(15(16)17(27)25-10-7-8-24-26(28)9-10)29-11-1-3-12(4-2-11)30-18(20,21)22/h1-9H,(H,25,27). The van der Waals surface area contributed by atoms with E-state index in [0.717, 1.165) is 24.5 Å². The molecule has 0 bridgehead atoms. The van der Waals surface area contributed by atoms with Crippen LogP contribution in [0, 0.1) is 14.6 Å². The molecule has 2 aromatic carbocycles. The van der Waals surface area contributed by atoms with Crippen molar-refractivity contribution in [2.45, 2.75) is 6.36 Å². The van der Waals surface area contributed by atoms with E-state index < -0.39 is 29.4 Å². The van der Waals surface area contributed by atoms with Gasteiger partial charge in [0.2, 0.25) is 6.20 Å². The van der Waals surface area contributed by atoms with Crippen LogP contribution < -0.4 is 19.6 Å². The molecule has 0 aliphatic heterocycles. The highest BCUT2D eigenvalue weighted by molar-refractivity contribution is 14.1. The molecule has 156 valence electrons. The molecule has 3 rings (SSSR count). The minimum atomic E-state index is -4.85. The van der Waals surface area contributed by atoms with Gasteiger partial charge in [0, 0.05) is 8.67 Å². The van der Waals surface area contributed by atoms with E-state index in [-0.39, 0.29) is 25.6 Å². The smallest absolute Gasteiger partial charge is 0.573 e. The van der Waals surface area contributed by atoms with E-state index in [9.17, 15) is 27.6 Å². The van der Waals surface area contributed by atoms with Crippen LogP contribution in [-0.2, 0) is 0 Å². The normalized spacial score (nSPS) is 11.1. The quantitative estimate of drug-likeness (QED) is 0.227. The number of ether oxygens (including phenoxy) is 2. The van der Waals surface area contributed by atoms with Gasteiger partial charge in [0.05, 0.1) is 6.20 Å². The van der Waals surface area contributed by atoms with Crippen molar-refractivity contribution in [2.75, 3.05) is 5.32 Å². The van der Waals surface area contributed by atoms with Gasteiger partial charge < -0.3 is 20.0 Å². The van der Waals surface area contributed by atoms with E-state index in [1.54, 1.807) is 22.6 Å². The number of halogens is 5. The van der Waals surface area contributed by atoms with Crippen LogP contribution in [0.5, 0.6) is 17.2 Å². The zero-order valence-corrected chi connectivity index (χ0v) is 16.8. The number of amides is 1. The van der Waals surface area contributed by atoms with Gasteiger partial charge in [0.25, 0.3) is 5.91 Å². The summed E-state index contributed by atoms with van der Waals surface area (Å²) in [4.78, 5) is 12.8. The van der Waals surface area contributed by atoms with Crippen molar-refractivity contribution >= 4 is 34.2 Å². The van der Waals surface area contributed by atoms with E-state index in [0.29, 0.717) is 0 Å². The molecule has 3 aromatic rings. The lowest BCUT2D eigenvalue weighted by atomic mass is 10.1. The average Bonchev–Trinajstić information content (AvgIpc) is 2.65. The molecule has 0 aliphatic carbocycles. The summed E-state index contributed by atoms with van der Waals surface area (Å²) < 4.78 is 60.8. The molecule has 0 atom stereocenters. The van der Waals surface area contributed by atoms with Gasteiger partial charge in [-0.3, -0.25) is 4.79 Å². The van der Waals surface area contributed by atoms with Crippen LogP contribution in [-0.4, -0.2) is 17.4 Å². The van der Waals surface area contributed by atoms with Crippen molar-refractivity contribution in [3.63, 3.8) is 0 Å². The molecule has 1 amide bonds. The third kappa shape index (κ3) is 5.46. The number of nitrogens with zero attached hydrogens (tertiary/aromatic N) is 2. The number of carbonyl (C=O) groups excluding carboxylic acids is 1. The highest BCUT2D eigenvalue weighted by Crippen LogP contribution is 2.32. The molecule has 7 nitrogen and oxygen atoms in total. The highest BCUT2D eigenvalue weighted by Gasteiger charge is 2.31. The van der Waals surface area contributed by atoms with E-state index in [2.05, 4.69) is 15.2 Å². The van der Waals surface area contributed by atoms with Crippen LogP contribution in [0.4, 0.5) is 23.2 Å². The SMILES string of the molecule is O=C(Nc1ccn[n+]([O-])c1)c1c(Oc2ccc(OC(F)(F)F)cc2)ccc(I)c1F. The number of hydrogen-bond donors (Lipinski definition) is 1. The number of anilines is 1. The van der Waals surface area contributed by atoms with Crippen LogP contribution in [0.25, 0.3) is 0 Å². The van der Waals surface area contributed by atoms with Crippen molar-refractivity contribution in [3.8, 4) is 17.2 Å². The maximum atomic E-state index is 14.7. The number of carbonyl (C=O) groups is 1. The topological polar surface area (TPSA) is 87.4 Å². The summed E-state index contributed by atoms with van der Waals surface area (Å²) in [7, 11) is 0. The monoisotopic (exact) mass is 535 g/mol. The van der Waals surface area contributed by atoms with E-state index in [1.807, 2.05) is 0 Å². The predicted octanol–water partition coefficient (Wildman–Crippen LogP) is 4.40. The number of rotatable bonds is 5. The number of benzene rings is 2. The second-order valence-corrected chi connectivity index (χ2v) is 6.79. The molecule has 12 heteroatoms. The third-order valence-corrected chi connectivity index (χ3v) is 4.34. The lowest BCUT2D eigenvalue weighted by molar-refractivity contribution is -0.668.